The summed E-state index contributed by atoms with van der Waals surface area (Å²) in [4.78, 5) is 0. The Balaban J connectivity index is 3.02. The normalized spacial score (nSPS) is 12.2. The van der Waals surface area contributed by atoms with Gasteiger partial charge in [0.25, 0.3) is 0 Å². The molecule has 0 aliphatic heterocycles. The third-order valence-electron chi connectivity index (χ3n) is 0. The first kappa shape index (κ1) is 5.71. The molecule has 0 spiro atoms. The van der Waals surface area contributed by atoms with Gasteiger partial charge in [0.05, 0.1) is 0 Å². The second-order valence-corrected chi connectivity index (χ2v) is 2.90. The maximum absolute atomic E-state index is 10.4. The van der Waals surface area contributed by atoms with E-state index >= 15 is 0 Å². The average molecular weight is 181 g/mol. The van der Waals surface area contributed by atoms with Gasteiger partial charge in [0.15, 0.2) is 0 Å². The molecule has 0 aromatic rings. The van der Waals surface area contributed by atoms with Crippen molar-refractivity contribution in [3.05, 3.63) is 0 Å². The van der Waals surface area contributed by atoms with Gasteiger partial charge in [-0.1, -0.05) is 0 Å². The SMILES string of the molecule is F[C](F)(F)[Cd]. The summed E-state index contributed by atoms with van der Waals surface area (Å²) >= 11 is -0.889. The molecule has 0 aromatic carbocycles. The molecule has 27 valence electrons. The molecular weight excluding hydrogens is 181 g/mol. The molecule has 0 bridgehead atoms. The van der Waals surface area contributed by atoms with Crippen molar-refractivity contribution in [3.8, 4) is 0 Å². The van der Waals surface area contributed by atoms with E-state index in [1.54, 1.807) is 0 Å². The molecule has 0 N–H and O–H groups in total. The van der Waals surface area contributed by atoms with E-state index in [1.165, 1.54) is 0 Å². The van der Waals surface area contributed by atoms with Crippen molar-refractivity contribution in [2.24, 2.45) is 0 Å². The molecule has 4 heteroatoms. The molecule has 0 aliphatic rings. The molecule has 0 atom stereocenters. The number of hydrogen-bond donors (Lipinski definition) is 0. The molecule has 0 heterocycles. The fourth-order valence-electron chi connectivity index (χ4n) is 0. The average Bonchev–Trinajstić information content (AvgIpc) is 0.722. The van der Waals surface area contributed by atoms with Crippen molar-refractivity contribution in [1.82, 2.24) is 0 Å². The zero-order valence-electron chi connectivity index (χ0n) is 2.34. The Morgan fingerprint density at radius 2 is 1.20 bits per heavy atom. The van der Waals surface area contributed by atoms with Gasteiger partial charge in [0, 0.05) is 0 Å². The minimum absolute atomic E-state index is 0.889. The van der Waals surface area contributed by atoms with Gasteiger partial charge in [0.1, 0.15) is 0 Å². The Hall–Kier alpha value is 0.712. The zero-order valence-corrected chi connectivity index (χ0v) is 6.38. The van der Waals surface area contributed by atoms with E-state index in [0.717, 1.165) is 0 Å². The first-order chi connectivity index (χ1) is 2.00. The number of rotatable bonds is 0. The van der Waals surface area contributed by atoms with E-state index in [1.807, 2.05) is 0 Å². The van der Waals surface area contributed by atoms with Gasteiger partial charge in [-0.15, -0.1) is 0 Å². The second-order valence-electron chi connectivity index (χ2n) is 0.615. The summed E-state index contributed by atoms with van der Waals surface area (Å²) in [6, 6.07) is 0. The molecule has 0 aliphatic carbocycles. The summed E-state index contributed by atoms with van der Waals surface area (Å²) in [7, 11) is 0. The Morgan fingerprint density at radius 3 is 1.20 bits per heavy atom. The molecule has 0 nitrogen and oxygen atoms in total. The molecule has 0 fully saturated rings. The van der Waals surface area contributed by atoms with Gasteiger partial charge >= 0.3 is 42.7 Å². The summed E-state index contributed by atoms with van der Waals surface area (Å²) in [6.45, 7) is 0. The molecule has 0 unspecified atom stereocenters. The fourth-order valence-corrected chi connectivity index (χ4v) is 0. The van der Waals surface area contributed by atoms with Crippen LogP contribution < -0.4 is 0 Å². The van der Waals surface area contributed by atoms with Crippen molar-refractivity contribution in [1.29, 1.82) is 0 Å². The standard InChI is InChI=1S/CF3.Cd/c2-1(3)4;. The van der Waals surface area contributed by atoms with Crippen LogP contribution in [0.2, 0.25) is 0 Å². The van der Waals surface area contributed by atoms with Crippen LogP contribution in [0, 0.1) is 0 Å². The topological polar surface area (TPSA) is 0 Å². The number of halogens is 3. The molecule has 0 saturated carbocycles. The van der Waals surface area contributed by atoms with Gasteiger partial charge in [0.2, 0.25) is 0 Å². The fraction of sp³-hybridized carbons (Fsp3) is 1.00. The molecule has 0 saturated heterocycles. The third kappa shape index (κ3) is 68.4. The second kappa shape index (κ2) is 1.44. The zero-order chi connectivity index (χ0) is 4.50. The van der Waals surface area contributed by atoms with Crippen LogP contribution in [-0.2, 0) is 25.8 Å². The summed E-state index contributed by atoms with van der Waals surface area (Å²) in [5, 5.41) is 0. The van der Waals surface area contributed by atoms with Gasteiger partial charge < -0.3 is 0 Å². The van der Waals surface area contributed by atoms with E-state index in [2.05, 4.69) is 0 Å². The van der Waals surface area contributed by atoms with Crippen molar-refractivity contribution >= 4 is 0 Å². The first-order valence-corrected chi connectivity index (χ1v) is 2.94. The van der Waals surface area contributed by atoms with Crippen LogP contribution in [0.5, 0.6) is 0 Å². The summed E-state index contributed by atoms with van der Waals surface area (Å²) in [5.74, 6) is 0. The van der Waals surface area contributed by atoms with Crippen LogP contribution in [0.3, 0.4) is 0 Å². The van der Waals surface area contributed by atoms with Crippen LogP contribution in [0.15, 0.2) is 0 Å². The van der Waals surface area contributed by atoms with Crippen molar-refractivity contribution in [2.45, 2.75) is 3.74 Å². The van der Waals surface area contributed by atoms with Crippen LogP contribution in [-0.4, -0.2) is 3.74 Å². The minimum atomic E-state index is -3.83. The van der Waals surface area contributed by atoms with E-state index in [0.29, 0.717) is 0 Å². The van der Waals surface area contributed by atoms with Gasteiger partial charge in [-0.2, -0.15) is 0 Å². The Labute approximate surface area is 43.0 Å². The Kier molecular flexibility index (Phi) is 1.65. The quantitative estimate of drug-likeness (QED) is 0.490. The van der Waals surface area contributed by atoms with Crippen LogP contribution >= 0.6 is 0 Å². The predicted molar refractivity (Wildman–Crippen MR) is 6.05 cm³/mol. The maximum atomic E-state index is 10.4. The van der Waals surface area contributed by atoms with Crippen molar-refractivity contribution in [3.63, 3.8) is 0 Å². The van der Waals surface area contributed by atoms with E-state index in [-0.39, 0.29) is 0 Å². The predicted octanol–water partition coefficient (Wildman–Crippen LogP) is 1.05. The molecule has 0 aromatic heterocycles. The molecule has 0 amide bonds. The Morgan fingerprint density at radius 1 is 1.20 bits per heavy atom. The van der Waals surface area contributed by atoms with Gasteiger partial charge in [-0.3, -0.25) is 0 Å². The monoisotopic (exact) mass is 183 g/mol. The van der Waals surface area contributed by atoms with Crippen molar-refractivity contribution in [2.75, 3.05) is 0 Å². The first-order valence-electron chi connectivity index (χ1n) is 0.921. The number of hydrogen-bond acceptors (Lipinski definition) is 0. The van der Waals surface area contributed by atoms with Crippen LogP contribution in [0.25, 0.3) is 0 Å². The van der Waals surface area contributed by atoms with Crippen LogP contribution in [0.4, 0.5) is 13.2 Å². The van der Waals surface area contributed by atoms with Crippen LogP contribution in [0.1, 0.15) is 0 Å². The summed E-state index contributed by atoms with van der Waals surface area (Å²) in [5.41, 5.74) is 0. The van der Waals surface area contributed by atoms with E-state index in [4.69, 9.17) is 0 Å². The Bertz CT molecular complexity index is 22.4. The van der Waals surface area contributed by atoms with E-state index in [9.17, 15) is 13.2 Å². The van der Waals surface area contributed by atoms with Gasteiger partial charge in [-0.05, 0) is 0 Å². The molecule has 5 heavy (non-hydrogen) atoms. The third-order valence-corrected chi connectivity index (χ3v) is 0. The van der Waals surface area contributed by atoms with E-state index < -0.39 is 29.5 Å². The molecule has 0 radical (unpaired) electrons. The summed E-state index contributed by atoms with van der Waals surface area (Å²) in [6.07, 6.45) is 0. The summed E-state index contributed by atoms with van der Waals surface area (Å²) < 4.78 is 27.5. The number of alkyl halides is 3. The van der Waals surface area contributed by atoms with Crippen molar-refractivity contribution < 1.29 is 38.9 Å². The molecular formula is CCdF3. The van der Waals surface area contributed by atoms with Gasteiger partial charge in [-0.25, -0.2) is 0 Å². The molecule has 0 rings (SSSR count).